The van der Waals surface area contributed by atoms with Crippen molar-refractivity contribution in [1.82, 2.24) is 5.32 Å². The maximum Gasteiger partial charge on any atom is 0.137 e. The summed E-state index contributed by atoms with van der Waals surface area (Å²) in [4.78, 5) is 0. The molecule has 2 aromatic rings. The van der Waals surface area contributed by atoms with Gasteiger partial charge < -0.3 is 5.32 Å². The van der Waals surface area contributed by atoms with Crippen LogP contribution in [0.2, 0.25) is 0 Å². The lowest BCUT2D eigenvalue weighted by Crippen LogP contribution is -2.25. The molecule has 0 bridgehead atoms. The molecule has 0 spiro atoms. The molecule has 0 heterocycles. The molecule has 1 atom stereocenters. The molecule has 0 radical (unpaired) electrons. The monoisotopic (exact) mass is 357 g/mol. The lowest BCUT2D eigenvalue weighted by atomic mass is 9.97. The molecule has 0 aliphatic carbocycles. The zero-order valence-corrected chi connectivity index (χ0v) is 13.1. The highest BCUT2D eigenvalue weighted by Gasteiger charge is 2.22. The Morgan fingerprint density at radius 1 is 1.05 bits per heavy atom. The molecule has 1 nitrogen and oxygen atoms in total. The van der Waals surface area contributed by atoms with E-state index in [0.717, 1.165) is 6.42 Å². The zero-order chi connectivity index (χ0) is 15.4. The van der Waals surface area contributed by atoms with Crippen LogP contribution in [0.5, 0.6) is 0 Å². The summed E-state index contributed by atoms with van der Waals surface area (Å²) in [6.45, 7) is 2.51. The summed E-state index contributed by atoms with van der Waals surface area (Å²) in [5, 5.41) is 3.07. The van der Waals surface area contributed by atoms with Gasteiger partial charge in [-0.15, -0.1) is 0 Å². The third-order valence-electron chi connectivity index (χ3n) is 3.16. The van der Waals surface area contributed by atoms with Crippen LogP contribution in [-0.2, 0) is 0 Å². The molecular weight excluding hydrogens is 343 g/mol. The number of nitrogens with one attached hydrogen (secondary N) is 1. The van der Waals surface area contributed by atoms with Crippen LogP contribution in [0.25, 0.3) is 0 Å². The summed E-state index contributed by atoms with van der Waals surface area (Å²) >= 11 is 3.07. The molecule has 0 aliphatic rings. The highest BCUT2D eigenvalue weighted by Crippen LogP contribution is 2.29. The number of halogens is 4. The van der Waals surface area contributed by atoms with Crippen molar-refractivity contribution in [1.29, 1.82) is 0 Å². The van der Waals surface area contributed by atoms with Crippen molar-refractivity contribution in [2.45, 2.75) is 19.4 Å². The first-order valence-electron chi connectivity index (χ1n) is 6.66. The van der Waals surface area contributed by atoms with Gasteiger partial charge in [-0.05, 0) is 58.7 Å². The average Bonchev–Trinajstić information content (AvgIpc) is 2.45. The second kappa shape index (κ2) is 7.09. The van der Waals surface area contributed by atoms with Crippen LogP contribution in [0.3, 0.4) is 0 Å². The molecule has 1 N–H and O–H groups in total. The third-order valence-corrected chi connectivity index (χ3v) is 3.81. The fourth-order valence-electron chi connectivity index (χ4n) is 2.15. The summed E-state index contributed by atoms with van der Waals surface area (Å²) < 4.78 is 42.1. The molecule has 0 amide bonds. The summed E-state index contributed by atoms with van der Waals surface area (Å²) in [7, 11) is 0. The van der Waals surface area contributed by atoms with E-state index in [1.54, 1.807) is 6.07 Å². The first-order valence-corrected chi connectivity index (χ1v) is 7.46. The van der Waals surface area contributed by atoms with Crippen molar-refractivity contribution in [2.24, 2.45) is 0 Å². The fraction of sp³-hybridized carbons (Fsp3) is 0.250. The molecular formula is C16H15BrF3N. The van der Waals surface area contributed by atoms with Crippen LogP contribution >= 0.6 is 15.9 Å². The molecule has 0 saturated carbocycles. The van der Waals surface area contributed by atoms with Gasteiger partial charge in [-0.2, -0.15) is 0 Å². The number of benzene rings is 2. The van der Waals surface area contributed by atoms with Crippen molar-refractivity contribution in [3.63, 3.8) is 0 Å². The minimum atomic E-state index is -0.728. The Morgan fingerprint density at radius 2 is 1.71 bits per heavy atom. The van der Waals surface area contributed by atoms with Crippen molar-refractivity contribution in [3.05, 3.63) is 69.4 Å². The molecule has 0 aliphatic heterocycles. The van der Waals surface area contributed by atoms with Gasteiger partial charge >= 0.3 is 0 Å². The number of hydrogen-bond acceptors (Lipinski definition) is 1. The van der Waals surface area contributed by atoms with Gasteiger partial charge in [0.25, 0.3) is 0 Å². The highest BCUT2D eigenvalue weighted by molar-refractivity contribution is 9.10. The number of rotatable bonds is 5. The third kappa shape index (κ3) is 3.66. The van der Waals surface area contributed by atoms with Crippen LogP contribution in [0.1, 0.15) is 30.5 Å². The van der Waals surface area contributed by atoms with E-state index in [1.165, 1.54) is 30.3 Å². The summed E-state index contributed by atoms with van der Waals surface area (Å²) in [6, 6.07) is 7.45. The second-order valence-electron chi connectivity index (χ2n) is 4.70. The minimum Gasteiger partial charge on any atom is -0.306 e. The summed E-state index contributed by atoms with van der Waals surface area (Å²) in [5.41, 5.74) is 0.390. The molecule has 0 fully saturated rings. The van der Waals surface area contributed by atoms with Crippen LogP contribution in [0.15, 0.2) is 40.9 Å². The minimum absolute atomic E-state index is 0.0901. The molecule has 5 heteroatoms. The Morgan fingerprint density at radius 3 is 2.29 bits per heavy atom. The molecule has 2 rings (SSSR count). The van der Waals surface area contributed by atoms with Crippen LogP contribution < -0.4 is 5.32 Å². The Hall–Kier alpha value is -1.33. The maximum absolute atomic E-state index is 14.0. The lowest BCUT2D eigenvalue weighted by molar-refractivity contribution is 0.501. The van der Waals surface area contributed by atoms with Crippen molar-refractivity contribution in [3.8, 4) is 0 Å². The van der Waals surface area contributed by atoms with Crippen molar-refractivity contribution >= 4 is 15.9 Å². The second-order valence-corrected chi connectivity index (χ2v) is 5.55. The van der Waals surface area contributed by atoms with E-state index in [0.29, 0.717) is 16.6 Å². The van der Waals surface area contributed by atoms with Gasteiger partial charge in [-0.3, -0.25) is 0 Å². The largest absolute Gasteiger partial charge is 0.306 e. The fourth-order valence-corrected chi connectivity index (χ4v) is 2.40. The zero-order valence-electron chi connectivity index (χ0n) is 11.5. The Balaban J connectivity index is 2.49. The maximum atomic E-state index is 14.0. The van der Waals surface area contributed by atoms with Gasteiger partial charge in [0, 0.05) is 5.56 Å². The quantitative estimate of drug-likeness (QED) is 0.797. The van der Waals surface area contributed by atoms with Gasteiger partial charge in [-0.1, -0.05) is 19.1 Å². The van der Waals surface area contributed by atoms with Gasteiger partial charge in [0.15, 0.2) is 0 Å². The van der Waals surface area contributed by atoms with Crippen LogP contribution in [-0.4, -0.2) is 6.54 Å². The predicted molar refractivity (Wildman–Crippen MR) is 80.6 cm³/mol. The average molecular weight is 358 g/mol. The van der Waals surface area contributed by atoms with Gasteiger partial charge in [-0.25, -0.2) is 13.2 Å². The van der Waals surface area contributed by atoms with E-state index < -0.39 is 23.5 Å². The molecule has 21 heavy (non-hydrogen) atoms. The molecule has 0 saturated heterocycles. The smallest absolute Gasteiger partial charge is 0.137 e. The van der Waals surface area contributed by atoms with E-state index in [2.05, 4.69) is 21.2 Å². The first-order chi connectivity index (χ1) is 10.0. The topological polar surface area (TPSA) is 12.0 Å². The summed E-state index contributed by atoms with van der Waals surface area (Å²) in [5.74, 6) is -1.76. The summed E-state index contributed by atoms with van der Waals surface area (Å²) in [6.07, 6.45) is 0.797. The molecule has 2 aromatic carbocycles. The predicted octanol–water partition coefficient (Wildman–Crippen LogP) is 4.96. The van der Waals surface area contributed by atoms with Crippen molar-refractivity contribution in [2.75, 3.05) is 6.54 Å². The molecule has 112 valence electrons. The van der Waals surface area contributed by atoms with E-state index in [1.807, 2.05) is 6.92 Å². The van der Waals surface area contributed by atoms with Crippen LogP contribution in [0.4, 0.5) is 13.2 Å². The van der Waals surface area contributed by atoms with Gasteiger partial charge in [0.05, 0.1) is 10.5 Å². The van der Waals surface area contributed by atoms with Gasteiger partial charge in [0.2, 0.25) is 0 Å². The Labute approximate surface area is 130 Å². The van der Waals surface area contributed by atoms with Gasteiger partial charge in [0.1, 0.15) is 17.5 Å². The Kier molecular flexibility index (Phi) is 5.42. The lowest BCUT2D eigenvalue weighted by Gasteiger charge is -2.21. The molecule has 0 aromatic heterocycles. The van der Waals surface area contributed by atoms with E-state index >= 15 is 0 Å². The number of hydrogen-bond donors (Lipinski definition) is 1. The van der Waals surface area contributed by atoms with Crippen molar-refractivity contribution < 1.29 is 13.2 Å². The Bertz CT molecular complexity index is 611. The van der Waals surface area contributed by atoms with E-state index in [9.17, 15) is 13.2 Å². The molecule has 1 unspecified atom stereocenters. The van der Waals surface area contributed by atoms with Crippen LogP contribution in [0, 0.1) is 17.5 Å². The first kappa shape index (κ1) is 16.0. The highest BCUT2D eigenvalue weighted by atomic mass is 79.9. The normalized spacial score (nSPS) is 12.4. The van der Waals surface area contributed by atoms with E-state index in [4.69, 9.17) is 0 Å². The SMILES string of the molecule is CCCNC(c1ccc(Br)c(F)c1)c1c(F)cccc1F. The van der Waals surface area contributed by atoms with E-state index in [-0.39, 0.29) is 5.56 Å². The standard InChI is InChI=1S/C16H15BrF3N/c1-2-8-21-16(10-6-7-11(17)14(20)9-10)15-12(18)4-3-5-13(15)19/h3-7,9,16,21H,2,8H2,1H3.